The Balaban J connectivity index is -0.0000000891. The fourth-order valence-electron chi connectivity index (χ4n) is 0.376. The average Bonchev–Trinajstić information content (AvgIpc) is 1.86. The Kier molecular flexibility index (Phi) is 20.8. The molecule has 0 aromatic carbocycles. The third-order valence-corrected chi connectivity index (χ3v) is 0.631. The number of allylic oxidation sites excluding steroid dienone is 1. The number of halogens is 2. The van der Waals surface area contributed by atoms with E-state index in [1.165, 1.54) is 6.08 Å². The third kappa shape index (κ3) is 30.0. The van der Waals surface area contributed by atoms with Crippen LogP contribution in [-0.2, 0) is 4.79 Å². The van der Waals surface area contributed by atoms with Crippen molar-refractivity contribution in [3.8, 4) is 0 Å². The van der Waals surface area contributed by atoms with Crippen LogP contribution in [0.15, 0.2) is 25.3 Å². The number of hydrogen-bond acceptors (Lipinski definition) is 1. The van der Waals surface area contributed by atoms with Crippen LogP contribution in [0, 0.1) is 0 Å². The molecule has 1 amide bonds. The molecule has 0 spiro atoms. The van der Waals surface area contributed by atoms with Crippen molar-refractivity contribution in [1.82, 2.24) is 5.43 Å². The molecule has 5 heteroatoms. The van der Waals surface area contributed by atoms with Gasteiger partial charge in [-0.15, -0.1) is 31.4 Å². The highest BCUT2D eigenvalue weighted by atomic mass is 35.5. The first kappa shape index (κ1) is 23.4. The monoisotopic (exact) mass is 243 g/mol. The molecule has 3 nitrogen and oxygen atoms in total. The largest absolute Gasteiger partial charge is 0.288 e. The van der Waals surface area contributed by atoms with Gasteiger partial charge in [0.05, 0.1) is 21.1 Å². The van der Waals surface area contributed by atoms with Gasteiger partial charge in [-0.25, -0.2) is 4.59 Å². The smallest absolute Gasteiger partial charge is 0.265 e. The second kappa shape index (κ2) is 12.5. The molecule has 0 saturated carbocycles. The summed E-state index contributed by atoms with van der Waals surface area (Å²) in [6, 6.07) is 0. The van der Waals surface area contributed by atoms with E-state index in [0.717, 1.165) is 0 Å². The van der Waals surface area contributed by atoms with E-state index in [9.17, 15) is 4.79 Å². The van der Waals surface area contributed by atoms with E-state index in [4.69, 9.17) is 0 Å². The van der Waals surface area contributed by atoms with Crippen LogP contribution in [0.5, 0.6) is 0 Å². The molecule has 0 aromatic rings. The first-order chi connectivity index (χ1) is 5.37. The van der Waals surface area contributed by atoms with Gasteiger partial charge in [0.25, 0.3) is 5.91 Å². The number of nitrogens with one attached hydrogen (secondary N) is 1. The summed E-state index contributed by atoms with van der Waals surface area (Å²) in [5.74, 6) is -0.150. The molecule has 0 aromatic heterocycles. The fraction of sp³-hybridized carbons (Fsp3) is 0.444. The highest BCUT2D eigenvalue weighted by Crippen LogP contribution is 1.80. The Bertz CT molecular complexity index is 165. The predicted molar refractivity (Wildman–Crippen MR) is 66.7 cm³/mol. The van der Waals surface area contributed by atoms with E-state index in [1.54, 1.807) is 6.08 Å². The van der Waals surface area contributed by atoms with E-state index in [1.807, 2.05) is 28.1 Å². The zero-order valence-corrected chi connectivity index (χ0v) is 10.9. The van der Waals surface area contributed by atoms with Crippen molar-refractivity contribution in [2.24, 2.45) is 0 Å². The predicted octanol–water partition coefficient (Wildman–Crippen LogP) is 1.95. The molecule has 0 fully saturated rings. The van der Waals surface area contributed by atoms with Crippen LogP contribution in [0.2, 0.25) is 0 Å². The maximum absolute atomic E-state index is 10.6. The lowest BCUT2D eigenvalue weighted by molar-refractivity contribution is -0.905. The molecule has 0 unspecified atom stereocenters. The highest BCUT2D eigenvalue weighted by molar-refractivity contribution is 5.86. The number of nitrogens with zero attached hydrogens (tertiary/aromatic N) is 1. The molecule has 1 N–H and O–H groups in total. The van der Waals surface area contributed by atoms with Gasteiger partial charge in [0.1, 0.15) is 0 Å². The molecule has 0 rings (SSSR count). The van der Waals surface area contributed by atoms with Gasteiger partial charge in [-0.05, 0) is 6.92 Å². The molecule has 0 saturated heterocycles. The number of hydrogen-bond donors (Lipinski definition) is 1. The van der Waals surface area contributed by atoms with Crippen molar-refractivity contribution in [3.05, 3.63) is 25.3 Å². The lowest BCUT2D eigenvalue weighted by Crippen LogP contribution is -2.50. The molecular formula is C9H21Cl2N2O+. The quantitative estimate of drug-likeness (QED) is 0.342. The van der Waals surface area contributed by atoms with Gasteiger partial charge in [0.2, 0.25) is 0 Å². The topological polar surface area (TPSA) is 29.1 Å². The second-order valence-corrected chi connectivity index (χ2v) is 3.10. The average molecular weight is 244 g/mol. The molecule has 0 bridgehead atoms. The van der Waals surface area contributed by atoms with Crippen molar-refractivity contribution in [3.63, 3.8) is 0 Å². The van der Waals surface area contributed by atoms with Crippen molar-refractivity contribution in [2.75, 3.05) is 21.1 Å². The van der Waals surface area contributed by atoms with Crippen LogP contribution in [0.25, 0.3) is 0 Å². The van der Waals surface area contributed by atoms with E-state index >= 15 is 0 Å². The first-order valence-corrected chi connectivity index (χ1v) is 3.70. The van der Waals surface area contributed by atoms with E-state index in [0.29, 0.717) is 4.59 Å². The minimum absolute atomic E-state index is 0. The molecule has 0 aliphatic carbocycles. The zero-order chi connectivity index (χ0) is 10.2. The number of amides is 1. The molecule has 0 heterocycles. The summed E-state index contributed by atoms with van der Waals surface area (Å²) < 4.78 is 0.421. The number of carbonyl (C=O) groups excluding carboxylic acids is 1. The third-order valence-electron chi connectivity index (χ3n) is 0.631. The minimum atomic E-state index is -0.150. The summed E-state index contributed by atoms with van der Waals surface area (Å²) in [5, 5.41) is 0. The maximum Gasteiger partial charge on any atom is 0.288 e. The van der Waals surface area contributed by atoms with Crippen molar-refractivity contribution >= 4 is 30.7 Å². The second-order valence-electron chi connectivity index (χ2n) is 3.10. The summed E-state index contributed by atoms with van der Waals surface area (Å²) in [6.07, 6.45) is 3.00. The maximum atomic E-state index is 10.6. The summed E-state index contributed by atoms with van der Waals surface area (Å²) in [5.41, 5.74) is 2.65. The van der Waals surface area contributed by atoms with Crippen LogP contribution < -0.4 is 5.43 Å². The fourth-order valence-corrected chi connectivity index (χ4v) is 0.376. The van der Waals surface area contributed by atoms with Crippen LogP contribution in [0.3, 0.4) is 0 Å². The SMILES string of the molecule is C=CC.C=CC(=O)N[N+](C)(C)C.Cl.Cl. The molecule has 14 heavy (non-hydrogen) atoms. The molecule has 0 atom stereocenters. The summed E-state index contributed by atoms with van der Waals surface area (Å²) in [4.78, 5) is 10.6. The minimum Gasteiger partial charge on any atom is -0.265 e. The lowest BCUT2D eigenvalue weighted by atomic mass is 10.6. The first-order valence-electron chi connectivity index (χ1n) is 3.70. The van der Waals surface area contributed by atoms with Gasteiger partial charge in [-0.2, -0.15) is 5.43 Å². The van der Waals surface area contributed by atoms with Crippen molar-refractivity contribution in [1.29, 1.82) is 0 Å². The number of rotatable bonds is 2. The normalized spacial score (nSPS) is 7.71. The molecule has 86 valence electrons. The van der Waals surface area contributed by atoms with Crippen LogP contribution in [0.1, 0.15) is 6.92 Å². The molecular weight excluding hydrogens is 223 g/mol. The van der Waals surface area contributed by atoms with E-state index in [2.05, 4.69) is 18.6 Å². The van der Waals surface area contributed by atoms with Crippen LogP contribution in [0.4, 0.5) is 0 Å². The zero-order valence-electron chi connectivity index (χ0n) is 9.24. The van der Waals surface area contributed by atoms with Gasteiger partial charge in [-0.3, -0.25) is 4.79 Å². The van der Waals surface area contributed by atoms with Gasteiger partial charge in [0, 0.05) is 6.08 Å². The Morgan fingerprint density at radius 1 is 1.21 bits per heavy atom. The van der Waals surface area contributed by atoms with Crippen LogP contribution in [-0.4, -0.2) is 31.6 Å². The van der Waals surface area contributed by atoms with E-state index in [-0.39, 0.29) is 30.7 Å². The Labute approximate surface area is 99.2 Å². The molecule has 0 radical (unpaired) electrons. The summed E-state index contributed by atoms with van der Waals surface area (Å²) in [6.45, 7) is 8.57. The van der Waals surface area contributed by atoms with Crippen molar-refractivity contribution in [2.45, 2.75) is 6.92 Å². The van der Waals surface area contributed by atoms with Gasteiger partial charge in [0.15, 0.2) is 0 Å². The number of quaternary nitrogens is 1. The lowest BCUT2D eigenvalue weighted by Gasteiger charge is -2.22. The Morgan fingerprint density at radius 3 is 1.57 bits per heavy atom. The van der Waals surface area contributed by atoms with Gasteiger partial charge < -0.3 is 0 Å². The Hall–Kier alpha value is -0.510. The number of carbonyl (C=O) groups is 1. The highest BCUT2D eigenvalue weighted by Gasteiger charge is 2.07. The van der Waals surface area contributed by atoms with E-state index < -0.39 is 0 Å². The van der Waals surface area contributed by atoms with Crippen LogP contribution >= 0.6 is 24.8 Å². The van der Waals surface area contributed by atoms with Gasteiger partial charge in [-0.1, -0.05) is 12.7 Å². The molecule has 0 aliphatic heterocycles. The van der Waals surface area contributed by atoms with Crippen molar-refractivity contribution < 1.29 is 9.39 Å². The molecule has 0 aliphatic rings. The summed E-state index contributed by atoms with van der Waals surface area (Å²) >= 11 is 0. The Morgan fingerprint density at radius 2 is 1.50 bits per heavy atom. The standard InChI is InChI=1S/C6H12N2O.C3H6.2ClH/c1-5-6(9)7-8(2,3)4;1-3-2;;/h5H,1H2,2-4H3;3H,1H2,2H3;2*1H/p+1. The van der Waals surface area contributed by atoms with Gasteiger partial charge >= 0.3 is 0 Å². The summed E-state index contributed by atoms with van der Waals surface area (Å²) in [7, 11) is 5.59.